The van der Waals surface area contributed by atoms with Gasteiger partial charge < -0.3 is 0 Å². The van der Waals surface area contributed by atoms with E-state index in [9.17, 15) is 8.42 Å². The van der Waals surface area contributed by atoms with Gasteiger partial charge in [0.2, 0.25) is 0 Å². The minimum absolute atomic E-state index is 0.417. The molecule has 8 heteroatoms. The molecule has 21 heavy (non-hydrogen) atoms. The first-order chi connectivity index (χ1) is 10.2. The first kappa shape index (κ1) is 14.4. The van der Waals surface area contributed by atoms with E-state index in [1.165, 1.54) is 4.31 Å². The van der Waals surface area contributed by atoms with E-state index in [-0.39, 0.29) is 0 Å². The molecule has 0 saturated carbocycles. The van der Waals surface area contributed by atoms with Gasteiger partial charge in [-0.3, -0.25) is 4.40 Å². The summed E-state index contributed by atoms with van der Waals surface area (Å²) in [6, 6.07) is 5.74. The van der Waals surface area contributed by atoms with Gasteiger partial charge in [0.25, 0.3) is 10.2 Å². The molecule has 0 spiro atoms. The van der Waals surface area contributed by atoms with Crippen LogP contribution in [0.25, 0.3) is 5.65 Å². The monoisotopic (exact) mass is 309 g/mol. The van der Waals surface area contributed by atoms with Crippen LogP contribution in [0.5, 0.6) is 0 Å². The minimum Gasteiger partial charge on any atom is -0.286 e. The van der Waals surface area contributed by atoms with Gasteiger partial charge >= 0.3 is 0 Å². The fourth-order valence-electron chi connectivity index (χ4n) is 2.53. The molecular weight excluding hydrogens is 290 g/mol. The number of nitrogens with one attached hydrogen (secondary N) is 1. The van der Waals surface area contributed by atoms with Crippen LogP contribution in [-0.4, -0.2) is 47.0 Å². The van der Waals surface area contributed by atoms with E-state index in [4.69, 9.17) is 0 Å². The molecule has 2 aromatic heterocycles. The molecule has 1 aliphatic heterocycles. The van der Waals surface area contributed by atoms with Crippen molar-refractivity contribution in [2.24, 2.45) is 0 Å². The third-order valence-electron chi connectivity index (χ3n) is 3.65. The minimum atomic E-state index is -3.30. The van der Waals surface area contributed by atoms with Crippen molar-refractivity contribution >= 4 is 15.9 Å². The molecule has 0 aromatic carbocycles. The van der Waals surface area contributed by atoms with Crippen molar-refractivity contribution in [3.63, 3.8) is 0 Å². The van der Waals surface area contributed by atoms with Gasteiger partial charge in [-0.1, -0.05) is 6.07 Å². The molecule has 3 heterocycles. The van der Waals surface area contributed by atoms with Crippen LogP contribution in [0, 0.1) is 0 Å². The number of hydrogen-bond acceptors (Lipinski definition) is 4. The average molecular weight is 309 g/mol. The van der Waals surface area contributed by atoms with E-state index in [1.807, 2.05) is 28.8 Å². The quantitative estimate of drug-likeness (QED) is 0.792. The van der Waals surface area contributed by atoms with Gasteiger partial charge in [-0.15, -0.1) is 10.2 Å². The Morgan fingerprint density at radius 2 is 2.00 bits per heavy atom. The summed E-state index contributed by atoms with van der Waals surface area (Å²) in [5, 5.41) is 8.21. The molecule has 0 amide bonds. The number of hydrogen-bond donors (Lipinski definition) is 1. The molecule has 2 aromatic rings. The Balaban J connectivity index is 1.52. The zero-order valence-electron chi connectivity index (χ0n) is 11.8. The van der Waals surface area contributed by atoms with Gasteiger partial charge in [0.15, 0.2) is 5.65 Å². The maximum Gasteiger partial charge on any atom is 0.279 e. The smallest absolute Gasteiger partial charge is 0.279 e. The molecule has 0 atom stereocenters. The topological polar surface area (TPSA) is 79.6 Å². The van der Waals surface area contributed by atoms with E-state index >= 15 is 0 Å². The second kappa shape index (κ2) is 6.08. The SMILES string of the molecule is O=S(=O)(NCCCc1nnc2ccccn12)N1CCCC1. The van der Waals surface area contributed by atoms with Gasteiger partial charge in [-0.05, 0) is 31.4 Å². The molecule has 0 bridgehead atoms. The second-order valence-corrected chi connectivity index (χ2v) is 6.91. The lowest BCUT2D eigenvalue weighted by Gasteiger charge is -2.15. The number of aromatic nitrogens is 3. The van der Waals surface area contributed by atoms with Crippen molar-refractivity contribution in [2.45, 2.75) is 25.7 Å². The molecule has 0 aliphatic carbocycles. The number of rotatable bonds is 6. The summed E-state index contributed by atoms with van der Waals surface area (Å²) in [6.45, 7) is 1.68. The fourth-order valence-corrected chi connectivity index (χ4v) is 3.85. The van der Waals surface area contributed by atoms with Gasteiger partial charge in [0.05, 0.1) is 0 Å². The molecule has 0 unspecified atom stereocenters. The maximum atomic E-state index is 12.0. The number of aryl methyl sites for hydroxylation is 1. The summed E-state index contributed by atoms with van der Waals surface area (Å²) in [7, 11) is -3.30. The van der Waals surface area contributed by atoms with Gasteiger partial charge in [-0.2, -0.15) is 12.7 Å². The molecule has 1 N–H and O–H groups in total. The molecule has 3 rings (SSSR count). The first-order valence-corrected chi connectivity index (χ1v) is 8.64. The molecule has 114 valence electrons. The Kier molecular flexibility index (Phi) is 4.18. The van der Waals surface area contributed by atoms with Gasteiger partial charge in [-0.25, -0.2) is 4.72 Å². The van der Waals surface area contributed by atoms with Crippen molar-refractivity contribution in [1.82, 2.24) is 23.6 Å². The van der Waals surface area contributed by atoms with E-state index in [0.717, 1.165) is 24.3 Å². The fraction of sp³-hybridized carbons (Fsp3) is 0.538. The predicted octanol–water partition coefficient (Wildman–Crippen LogP) is 0.592. The molecular formula is C13H19N5O2S. The van der Waals surface area contributed by atoms with Crippen LogP contribution >= 0.6 is 0 Å². The van der Waals surface area contributed by atoms with Crippen LogP contribution in [0.15, 0.2) is 24.4 Å². The molecule has 1 saturated heterocycles. The summed E-state index contributed by atoms with van der Waals surface area (Å²) in [4.78, 5) is 0. The van der Waals surface area contributed by atoms with E-state index in [1.54, 1.807) is 0 Å². The molecule has 7 nitrogen and oxygen atoms in total. The maximum absolute atomic E-state index is 12.0. The van der Waals surface area contributed by atoms with Crippen LogP contribution in [-0.2, 0) is 16.6 Å². The zero-order chi connectivity index (χ0) is 14.7. The highest BCUT2D eigenvalue weighted by atomic mass is 32.2. The second-order valence-electron chi connectivity index (χ2n) is 5.15. The molecule has 0 radical (unpaired) electrons. The van der Waals surface area contributed by atoms with Crippen molar-refractivity contribution < 1.29 is 8.42 Å². The molecule has 1 aliphatic rings. The Bertz CT molecular complexity index is 706. The van der Waals surface area contributed by atoms with Crippen molar-refractivity contribution in [2.75, 3.05) is 19.6 Å². The summed E-state index contributed by atoms with van der Waals surface area (Å²) < 4.78 is 30.1. The summed E-state index contributed by atoms with van der Waals surface area (Å²) in [5.74, 6) is 0.853. The Morgan fingerprint density at radius 1 is 1.19 bits per heavy atom. The van der Waals surface area contributed by atoms with Crippen LogP contribution in [0.4, 0.5) is 0 Å². The van der Waals surface area contributed by atoms with Crippen LogP contribution in [0.1, 0.15) is 25.1 Å². The summed E-state index contributed by atoms with van der Waals surface area (Å²) >= 11 is 0. The lowest BCUT2D eigenvalue weighted by molar-refractivity contribution is 0.464. The van der Waals surface area contributed by atoms with Gasteiger partial charge in [0.1, 0.15) is 5.82 Å². The third kappa shape index (κ3) is 3.22. The lowest BCUT2D eigenvalue weighted by Crippen LogP contribution is -2.39. The van der Waals surface area contributed by atoms with E-state index in [0.29, 0.717) is 32.5 Å². The van der Waals surface area contributed by atoms with Crippen LogP contribution in [0.2, 0.25) is 0 Å². The van der Waals surface area contributed by atoms with Crippen LogP contribution in [0.3, 0.4) is 0 Å². The number of pyridine rings is 1. The van der Waals surface area contributed by atoms with Crippen LogP contribution < -0.4 is 4.72 Å². The standard InChI is InChI=1S/C13H19N5O2S/c19-21(20,17-9-3-4-10-17)14-8-5-7-13-16-15-12-6-1-2-11-18(12)13/h1-2,6,11,14H,3-5,7-10H2. The summed E-state index contributed by atoms with van der Waals surface area (Å²) in [6.07, 6.45) is 5.20. The Morgan fingerprint density at radius 3 is 2.81 bits per heavy atom. The highest BCUT2D eigenvalue weighted by Crippen LogP contribution is 2.11. The predicted molar refractivity (Wildman–Crippen MR) is 79.0 cm³/mol. The normalized spacial score (nSPS) is 16.8. The van der Waals surface area contributed by atoms with E-state index < -0.39 is 10.2 Å². The molecule has 1 fully saturated rings. The van der Waals surface area contributed by atoms with E-state index in [2.05, 4.69) is 14.9 Å². The summed E-state index contributed by atoms with van der Waals surface area (Å²) in [5.41, 5.74) is 0.810. The lowest BCUT2D eigenvalue weighted by atomic mass is 10.3. The average Bonchev–Trinajstić information content (AvgIpc) is 3.14. The Labute approximate surface area is 124 Å². The van der Waals surface area contributed by atoms with Crippen molar-refractivity contribution in [1.29, 1.82) is 0 Å². The Hall–Kier alpha value is -1.51. The first-order valence-electron chi connectivity index (χ1n) is 7.20. The highest BCUT2D eigenvalue weighted by Gasteiger charge is 2.24. The largest absolute Gasteiger partial charge is 0.286 e. The van der Waals surface area contributed by atoms with Crippen molar-refractivity contribution in [3.8, 4) is 0 Å². The third-order valence-corrected chi connectivity index (χ3v) is 5.26. The van der Waals surface area contributed by atoms with Gasteiger partial charge in [0, 0.05) is 32.3 Å². The number of nitrogens with zero attached hydrogens (tertiary/aromatic N) is 4. The number of fused-ring (bicyclic) bond motifs is 1. The highest BCUT2D eigenvalue weighted by molar-refractivity contribution is 7.87. The zero-order valence-corrected chi connectivity index (χ0v) is 12.6. The van der Waals surface area contributed by atoms with Crippen molar-refractivity contribution in [3.05, 3.63) is 30.2 Å².